The Labute approximate surface area is 79.8 Å². The Bertz CT molecular complexity index is 162. The highest BCUT2D eigenvalue weighted by molar-refractivity contribution is 5.85. The molecule has 0 rings (SSSR count). The van der Waals surface area contributed by atoms with E-state index in [4.69, 9.17) is 5.73 Å². The van der Waals surface area contributed by atoms with Gasteiger partial charge in [-0.2, -0.15) is 13.2 Å². The molecule has 13 heavy (non-hydrogen) atoms. The number of alkyl halides is 3. The van der Waals surface area contributed by atoms with Gasteiger partial charge in [0.05, 0.1) is 7.11 Å². The molecule has 0 aromatic rings. The van der Waals surface area contributed by atoms with Crippen molar-refractivity contribution in [3.8, 4) is 0 Å². The normalized spacial score (nSPS) is 13.0. The third-order valence-corrected chi connectivity index (χ3v) is 1.34. The molecule has 0 saturated carbocycles. The van der Waals surface area contributed by atoms with Crippen LogP contribution in [0.3, 0.4) is 0 Å². The molecule has 1 unspecified atom stereocenters. The van der Waals surface area contributed by atoms with Gasteiger partial charge in [0.1, 0.15) is 0 Å². The lowest BCUT2D eigenvalue weighted by Crippen LogP contribution is -2.33. The first-order chi connectivity index (χ1) is 5.43. The second-order valence-corrected chi connectivity index (χ2v) is 2.19. The zero-order chi connectivity index (χ0) is 9.78. The van der Waals surface area contributed by atoms with Crippen LogP contribution in [0.25, 0.3) is 0 Å². The van der Waals surface area contributed by atoms with E-state index >= 15 is 0 Å². The molecule has 0 radical (unpaired) electrons. The standard InChI is InChI=1S/C6H10F3NO2.ClH/c1-12-5(11)4(2-3-10)6(7,8)9;/h4H,2-3,10H2,1H3;1H. The molecular weight excluding hydrogens is 211 g/mol. The number of nitrogens with two attached hydrogens (primary N) is 1. The van der Waals surface area contributed by atoms with Gasteiger partial charge in [0.25, 0.3) is 0 Å². The molecule has 0 aliphatic carbocycles. The molecule has 0 aliphatic heterocycles. The summed E-state index contributed by atoms with van der Waals surface area (Å²) in [6.07, 6.45) is -5.00. The predicted octanol–water partition coefficient (Wildman–Crippen LogP) is 1.11. The first-order valence-corrected chi connectivity index (χ1v) is 3.28. The van der Waals surface area contributed by atoms with Crippen molar-refractivity contribution < 1.29 is 22.7 Å². The maximum Gasteiger partial charge on any atom is 0.402 e. The van der Waals surface area contributed by atoms with Gasteiger partial charge in [-0.25, -0.2) is 0 Å². The third kappa shape index (κ3) is 4.94. The Morgan fingerprint density at radius 3 is 2.23 bits per heavy atom. The molecule has 7 heteroatoms. The Kier molecular flexibility index (Phi) is 6.97. The topological polar surface area (TPSA) is 52.3 Å². The van der Waals surface area contributed by atoms with E-state index in [2.05, 4.69) is 4.74 Å². The van der Waals surface area contributed by atoms with Crippen LogP contribution in [0.4, 0.5) is 13.2 Å². The van der Waals surface area contributed by atoms with Gasteiger partial charge in [-0.3, -0.25) is 4.79 Å². The highest BCUT2D eigenvalue weighted by atomic mass is 35.5. The molecule has 0 spiro atoms. The molecule has 0 aromatic heterocycles. The number of rotatable bonds is 3. The summed E-state index contributed by atoms with van der Waals surface area (Å²) in [6, 6.07) is 0. The second-order valence-electron chi connectivity index (χ2n) is 2.19. The fourth-order valence-corrected chi connectivity index (χ4v) is 0.724. The van der Waals surface area contributed by atoms with E-state index in [1.54, 1.807) is 0 Å². The lowest BCUT2D eigenvalue weighted by Gasteiger charge is -2.16. The zero-order valence-corrected chi connectivity index (χ0v) is 7.74. The summed E-state index contributed by atoms with van der Waals surface area (Å²) in [4.78, 5) is 10.6. The molecule has 0 saturated heterocycles. The maximum absolute atomic E-state index is 12.0. The number of carbonyl (C=O) groups is 1. The van der Waals surface area contributed by atoms with Gasteiger partial charge in [-0.15, -0.1) is 12.4 Å². The Hall–Kier alpha value is -0.490. The van der Waals surface area contributed by atoms with Gasteiger partial charge in [0, 0.05) is 0 Å². The average molecular weight is 222 g/mol. The lowest BCUT2D eigenvalue weighted by atomic mass is 10.1. The molecule has 0 aromatic carbocycles. The van der Waals surface area contributed by atoms with E-state index in [1.807, 2.05) is 0 Å². The molecular formula is C6H11ClF3NO2. The van der Waals surface area contributed by atoms with Crippen LogP contribution >= 0.6 is 12.4 Å². The van der Waals surface area contributed by atoms with Crippen LogP contribution in [-0.4, -0.2) is 25.8 Å². The summed E-state index contributed by atoms with van der Waals surface area (Å²) in [7, 11) is 0.914. The summed E-state index contributed by atoms with van der Waals surface area (Å²) in [5.41, 5.74) is 4.91. The monoisotopic (exact) mass is 221 g/mol. The van der Waals surface area contributed by atoms with Crippen LogP contribution in [-0.2, 0) is 9.53 Å². The van der Waals surface area contributed by atoms with E-state index < -0.39 is 24.5 Å². The number of ether oxygens (including phenoxy) is 1. The molecule has 0 fully saturated rings. The Balaban J connectivity index is 0. The lowest BCUT2D eigenvalue weighted by molar-refractivity contribution is -0.196. The van der Waals surface area contributed by atoms with Gasteiger partial charge in [-0.1, -0.05) is 0 Å². The summed E-state index contributed by atoms with van der Waals surface area (Å²) in [5, 5.41) is 0. The summed E-state index contributed by atoms with van der Waals surface area (Å²) >= 11 is 0. The van der Waals surface area contributed by atoms with Gasteiger partial charge in [0.15, 0.2) is 5.92 Å². The van der Waals surface area contributed by atoms with Crippen LogP contribution < -0.4 is 5.73 Å². The number of halogens is 4. The molecule has 0 bridgehead atoms. The van der Waals surface area contributed by atoms with Crippen LogP contribution in [0.15, 0.2) is 0 Å². The largest absolute Gasteiger partial charge is 0.469 e. The van der Waals surface area contributed by atoms with Crippen LogP contribution in [0, 0.1) is 5.92 Å². The Morgan fingerprint density at radius 1 is 1.54 bits per heavy atom. The fourth-order valence-electron chi connectivity index (χ4n) is 0.724. The predicted molar refractivity (Wildman–Crippen MR) is 42.5 cm³/mol. The summed E-state index contributed by atoms with van der Waals surface area (Å²) in [5.74, 6) is -3.37. The molecule has 0 heterocycles. The van der Waals surface area contributed by atoms with E-state index in [0.29, 0.717) is 0 Å². The molecule has 3 nitrogen and oxygen atoms in total. The van der Waals surface area contributed by atoms with Gasteiger partial charge in [-0.05, 0) is 13.0 Å². The van der Waals surface area contributed by atoms with E-state index in [9.17, 15) is 18.0 Å². The molecule has 0 aliphatic rings. The summed E-state index contributed by atoms with van der Waals surface area (Å²) in [6.45, 7) is -0.195. The van der Waals surface area contributed by atoms with Gasteiger partial charge in [0.2, 0.25) is 0 Å². The van der Waals surface area contributed by atoms with Crippen molar-refractivity contribution in [2.24, 2.45) is 11.7 Å². The first-order valence-electron chi connectivity index (χ1n) is 3.28. The molecule has 0 amide bonds. The SMILES string of the molecule is COC(=O)C(CCN)C(F)(F)F.Cl. The highest BCUT2D eigenvalue weighted by Gasteiger charge is 2.44. The van der Waals surface area contributed by atoms with Gasteiger partial charge >= 0.3 is 12.1 Å². The smallest absolute Gasteiger partial charge is 0.402 e. The van der Waals surface area contributed by atoms with Crippen molar-refractivity contribution >= 4 is 18.4 Å². The van der Waals surface area contributed by atoms with Crippen molar-refractivity contribution in [1.82, 2.24) is 0 Å². The van der Waals surface area contributed by atoms with Crippen molar-refractivity contribution in [1.29, 1.82) is 0 Å². The number of hydrogen-bond donors (Lipinski definition) is 1. The van der Waals surface area contributed by atoms with Crippen molar-refractivity contribution in [3.63, 3.8) is 0 Å². The van der Waals surface area contributed by atoms with Crippen molar-refractivity contribution in [2.45, 2.75) is 12.6 Å². The minimum atomic E-state index is -4.56. The quantitative estimate of drug-likeness (QED) is 0.727. The number of methoxy groups -OCH3 is 1. The number of esters is 1. The van der Waals surface area contributed by atoms with E-state index in [-0.39, 0.29) is 19.0 Å². The minimum absolute atomic E-state index is 0. The third-order valence-electron chi connectivity index (χ3n) is 1.34. The molecule has 1 atom stereocenters. The van der Waals surface area contributed by atoms with Gasteiger partial charge < -0.3 is 10.5 Å². The highest BCUT2D eigenvalue weighted by Crippen LogP contribution is 2.29. The van der Waals surface area contributed by atoms with Crippen LogP contribution in [0.1, 0.15) is 6.42 Å². The van der Waals surface area contributed by atoms with Crippen molar-refractivity contribution in [3.05, 3.63) is 0 Å². The van der Waals surface area contributed by atoms with Crippen molar-refractivity contribution in [2.75, 3.05) is 13.7 Å². The second kappa shape index (κ2) is 6.04. The number of hydrogen-bond acceptors (Lipinski definition) is 3. The number of carbonyl (C=O) groups excluding carboxylic acids is 1. The molecule has 2 N–H and O–H groups in total. The fraction of sp³-hybridized carbons (Fsp3) is 0.833. The van der Waals surface area contributed by atoms with E-state index in [0.717, 1.165) is 7.11 Å². The van der Waals surface area contributed by atoms with Crippen LogP contribution in [0.5, 0.6) is 0 Å². The first kappa shape index (κ1) is 15.0. The summed E-state index contributed by atoms with van der Waals surface area (Å²) < 4.78 is 39.9. The maximum atomic E-state index is 12.0. The molecule has 80 valence electrons. The minimum Gasteiger partial charge on any atom is -0.469 e. The zero-order valence-electron chi connectivity index (χ0n) is 6.93. The average Bonchev–Trinajstić information content (AvgIpc) is 1.96. The van der Waals surface area contributed by atoms with Crippen LogP contribution in [0.2, 0.25) is 0 Å². The van der Waals surface area contributed by atoms with E-state index in [1.165, 1.54) is 0 Å². The Morgan fingerprint density at radius 2 is 2.00 bits per heavy atom.